The molecule has 1 aliphatic heterocycles. The van der Waals surface area contributed by atoms with Crippen LogP contribution in [0.5, 0.6) is 0 Å². The van der Waals surface area contributed by atoms with Crippen LogP contribution in [0.25, 0.3) is 0 Å². The molecule has 0 saturated carbocycles. The first-order valence-corrected chi connectivity index (χ1v) is 26.5. The van der Waals surface area contributed by atoms with E-state index in [4.69, 9.17) is 17.2 Å². The number of likely N-dealkylation sites (tertiary alicyclic amines) is 1. The van der Waals surface area contributed by atoms with Gasteiger partial charge >= 0.3 is 11.9 Å². The number of aliphatic hydroxyl groups excluding tert-OH is 1. The Balaban J connectivity index is 2.25. The minimum Gasteiger partial charge on any atom is -0.481 e. The first-order valence-electron chi connectivity index (χ1n) is 24.5. The van der Waals surface area contributed by atoms with Crippen LogP contribution < -0.4 is 54.4 Å². The SMILES string of the molecule is CSCC[C@H](NC(=O)[C@H](CCCCN)NC(=O)[C@H](CC(=O)O)NC(=O)[C@@H](N)Cc1ccccc1)C(=O)N[C@@H](CS)C(=O)N[C@@H](CO)C(=O)N[C@@H](CCCCN)C(=O)N[C@@H](CC(C)C)C(=O)N1CCC[C@H]1C(=O)O. The van der Waals surface area contributed by atoms with Gasteiger partial charge in [-0.2, -0.15) is 24.4 Å². The van der Waals surface area contributed by atoms with Crippen molar-refractivity contribution >= 4 is 83.6 Å². The van der Waals surface area contributed by atoms with Gasteiger partial charge in [0.2, 0.25) is 47.3 Å². The number of hydrogen-bond donors (Lipinski definition) is 14. The molecule has 1 fully saturated rings. The van der Waals surface area contributed by atoms with Crippen molar-refractivity contribution < 1.29 is 63.3 Å². The lowest BCUT2D eigenvalue weighted by Crippen LogP contribution is -2.61. The maximum absolute atomic E-state index is 13.9. The highest BCUT2D eigenvalue weighted by atomic mass is 32.2. The van der Waals surface area contributed by atoms with Crippen molar-refractivity contribution in [3.8, 4) is 0 Å². The summed E-state index contributed by atoms with van der Waals surface area (Å²) in [5.74, 6) is -9.50. The highest BCUT2D eigenvalue weighted by Crippen LogP contribution is 2.21. The number of carboxylic acid groups (broad SMARTS) is 2. The molecule has 0 unspecified atom stereocenters. The van der Waals surface area contributed by atoms with Gasteiger partial charge in [-0.3, -0.25) is 43.2 Å². The summed E-state index contributed by atoms with van der Waals surface area (Å²) in [6.07, 6.45) is 3.53. The second-order valence-electron chi connectivity index (χ2n) is 18.2. The summed E-state index contributed by atoms with van der Waals surface area (Å²) in [6, 6.07) is -3.24. The van der Waals surface area contributed by atoms with E-state index in [1.54, 1.807) is 36.6 Å². The molecular formula is C47H77N11O13S2. The summed E-state index contributed by atoms with van der Waals surface area (Å²) in [5, 5.41) is 47.2. The van der Waals surface area contributed by atoms with Gasteiger partial charge in [0.05, 0.1) is 19.1 Å². The molecule has 1 aromatic rings. The van der Waals surface area contributed by atoms with E-state index in [-0.39, 0.29) is 69.8 Å². The molecule has 16 N–H and O–H groups in total. The van der Waals surface area contributed by atoms with Crippen LogP contribution in [0.4, 0.5) is 0 Å². The minimum absolute atomic E-state index is 0.00279. The van der Waals surface area contributed by atoms with Gasteiger partial charge in [-0.15, -0.1) is 0 Å². The molecule has 1 aromatic carbocycles. The lowest BCUT2D eigenvalue weighted by atomic mass is 10.0. The molecule has 26 heteroatoms. The molecule has 0 bridgehead atoms. The highest BCUT2D eigenvalue weighted by molar-refractivity contribution is 7.98. The zero-order valence-corrected chi connectivity index (χ0v) is 43.6. The van der Waals surface area contributed by atoms with Gasteiger partial charge in [-0.05, 0) is 107 Å². The molecule has 1 heterocycles. The lowest BCUT2D eigenvalue weighted by Gasteiger charge is -2.30. The van der Waals surface area contributed by atoms with E-state index >= 15 is 0 Å². The molecule has 410 valence electrons. The number of nitrogens with zero attached hydrogens (tertiary/aromatic N) is 1. The van der Waals surface area contributed by atoms with E-state index in [9.17, 15) is 63.3 Å². The Hall–Kier alpha value is -5.54. The maximum atomic E-state index is 13.9. The molecule has 0 spiro atoms. The van der Waals surface area contributed by atoms with Gasteiger partial charge in [0, 0.05) is 12.3 Å². The number of aliphatic hydroxyl groups is 1. The number of benzene rings is 1. The highest BCUT2D eigenvalue weighted by Gasteiger charge is 2.39. The van der Waals surface area contributed by atoms with Crippen molar-refractivity contribution in [1.82, 2.24) is 42.1 Å². The third-order valence-corrected chi connectivity index (χ3v) is 12.8. The predicted molar refractivity (Wildman–Crippen MR) is 275 cm³/mol. The van der Waals surface area contributed by atoms with Crippen molar-refractivity contribution in [2.24, 2.45) is 23.1 Å². The molecule has 0 radical (unpaired) electrons. The third-order valence-electron chi connectivity index (χ3n) is 11.8. The zero-order valence-electron chi connectivity index (χ0n) is 41.8. The molecule has 24 nitrogen and oxygen atoms in total. The fourth-order valence-electron chi connectivity index (χ4n) is 7.85. The maximum Gasteiger partial charge on any atom is 0.326 e. The van der Waals surface area contributed by atoms with E-state index in [0.29, 0.717) is 37.9 Å². The Labute approximate surface area is 435 Å². The number of nitrogens with one attached hydrogen (secondary N) is 7. The Kier molecular flexibility index (Phi) is 29.6. The number of nitrogens with two attached hydrogens (primary N) is 3. The van der Waals surface area contributed by atoms with E-state index in [1.807, 2.05) is 13.8 Å². The molecule has 1 aliphatic rings. The summed E-state index contributed by atoms with van der Waals surface area (Å²) in [4.78, 5) is 134. The quantitative estimate of drug-likeness (QED) is 0.0246. The Bertz CT molecular complexity index is 1990. The molecule has 0 aliphatic carbocycles. The monoisotopic (exact) mass is 1070 g/mol. The van der Waals surface area contributed by atoms with Crippen LogP contribution in [0.3, 0.4) is 0 Å². The number of thioether (sulfide) groups is 1. The van der Waals surface area contributed by atoms with Crippen molar-refractivity contribution in [1.29, 1.82) is 0 Å². The smallest absolute Gasteiger partial charge is 0.326 e. The molecular weight excluding hydrogens is 991 g/mol. The molecule has 9 atom stereocenters. The van der Waals surface area contributed by atoms with Crippen molar-refractivity contribution in [2.75, 3.05) is 44.0 Å². The molecule has 2 rings (SSSR count). The van der Waals surface area contributed by atoms with Gasteiger partial charge in [0.15, 0.2) is 0 Å². The van der Waals surface area contributed by atoms with Crippen LogP contribution in [0.1, 0.15) is 90.0 Å². The van der Waals surface area contributed by atoms with Crippen molar-refractivity contribution in [3.05, 3.63) is 35.9 Å². The van der Waals surface area contributed by atoms with Crippen LogP contribution >= 0.6 is 24.4 Å². The van der Waals surface area contributed by atoms with Crippen LogP contribution in [0.2, 0.25) is 0 Å². The molecule has 73 heavy (non-hydrogen) atoms. The molecule has 0 aromatic heterocycles. The molecule has 1 saturated heterocycles. The van der Waals surface area contributed by atoms with Crippen molar-refractivity contribution in [3.63, 3.8) is 0 Å². The summed E-state index contributed by atoms with van der Waals surface area (Å²) >= 11 is 5.56. The number of carboxylic acids is 2. The standard InChI is InChI=1S/C47H77N11O13S2/c1-27(2)22-34(46(69)58-20-11-16-37(58)47(70)71)55-41(64)31(15-8-10-19-49)52-44(67)35(25-59)56-45(68)36(26-72)57-42(65)32(17-21-73-3)53-40(63)30(14-7-9-18-48)51-43(66)33(24-38(60)61)54-39(62)29(50)23-28-12-5-4-6-13-28/h4-6,12-13,27,29-37,59,72H,7-11,14-26,48-50H2,1-3H3,(H,51,66)(H,52,67)(H,53,63)(H,54,62)(H,55,64)(H,56,68)(H,57,65)(H,60,61)(H,70,71)/t29-,30-,31-,32-,33-,34-,35-,36-,37-/m0/s1. The summed E-state index contributed by atoms with van der Waals surface area (Å²) in [5.41, 5.74) is 18.2. The third kappa shape index (κ3) is 22.6. The Morgan fingerprint density at radius 1 is 0.671 bits per heavy atom. The van der Waals surface area contributed by atoms with Gasteiger partial charge in [-0.1, -0.05) is 44.2 Å². The number of amides is 8. The first-order chi connectivity index (χ1) is 34.7. The van der Waals surface area contributed by atoms with Crippen molar-refractivity contribution in [2.45, 2.75) is 145 Å². The fraction of sp³-hybridized carbons (Fsp3) is 0.660. The minimum atomic E-state index is -1.66. The topological polar surface area (TPSA) is 397 Å². The van der Waals surface area contributed by atoms with E-state index < -0.39 is 127 Å². The van der Waals surface area contributed by atoms with Gasteiger partial charge in [-0.25, -0.2) is 4.79 Å². The number of aliphatic carboxylic acids is 2. The number of carbonyl (C=O) groups excluding carboxylic acids is 8. The second-order valence-corrected chi connectivity index (χ2v) is 19.5. The van der Waals surface area contributed by atoms with E-state index in [0.717, 1.165) is 5.56 Å². The Morgan fingerprint density at radius 3 is 1.62 bits per heavy atom. The summed E-state index contributed by atoms with van der Waals surface area (Å²) < 4.78 is 0. The number of rotatable bonds is 35. The van der Waals surface area contributed by atoms with Gasteiger partial charge < -0.3 is 74.6 Å². The number of carbonyl (C=O) groups is 10. The molecule has 8 amide bonds. The van der Waals surface area contributed by atoms with Crippen LogP contribution in [-0.4, -0.2) is 178 Å². The van der Waals surface area contributed by atoms with Crippen LogP contribution in [-0.2, 0) is 54.4 Å². The predicted octanol–water partition coefficient (Wildman–Crippen LogP) is -2.52. The Morgan fingerprint density at radius 2 is 1.14 bits per heavy atom. The fourth-order valence-corrected chi connectivity index (χ4v) is 8.58. The summed E-state index contributed by atoms with van der Waals surface area (Å²) in [6.45, 7) is 3.40. The zero-order chi connectivity index (χ0) is 54.6. The summed E-state index contributed by atoms with van der Waals surface area (Å²) in [7, 11) is 0. The van der Waals surface area contributed by atoms with Crippen LogP contribution in [0.15, 0.2) is 30.3 Å². The average molecular weight is 1070 g/mol. The van der Waals surface area contributed by atoms with Crippen LogP contribution in [0, 0.1) is 5.92 Å². The number of thiol groups is 1. The van der Waals surface area contributed by atoms with E-state index in [1.165, 1.54) is 16.7 Å². The largest absolute Gasteiger partial charge is 0.481 e. The second kappa shape index (κ2) is 34.0. The lowest BCUT2D eigenvalue weighted by molar-refractivity contribution is -0.149. The van der Waals surface area contributed by atoms with Gasteiger partial charge in [0.1, 0.15) is 48.3 Å². The number of unbranched alkanes of at least 4 members (excludes halogenated alkanes) is 2. The number of hydrogen-bond acceptors (Lipinski definition) is 16. The first kappa shape index (κ1) is 63.6. The van der Waals surface area contributed by atoms with Gasteiger partial charge in [0.25, 0.3) is 0 Å². The van der Waals surface area contributed by atoms with E-state index in [2.05, 4.69) is 49.8 Å². The average Bonchev–Trinajstić information content (AvgIpc) is 3.85. The normalized spacial score (nSPS) is 16.6.